The van der Waals surface area contributed by atoms with Crippen LogP contribution >= 0.6 is 11.3 Å². The third-order valence-electron chi connectivity index (χ3n) is 2.57. The first kappa shape index (κ1) is 14.6. The third kappa shape index (κ3) is 3.40. The first-order chi connectivity index (χ1) is 9.38. The molecule has 0 bridgehead atoms. The standard InChI is InChI=1S/C10H13N5O3S2/c1-7(15-6-12-5-14-15)10(16)13-4-8-2-3-9(19-8)20(11,17)18/h2-3,5-7H,4H2,1H3,(H,13,16)(H2,11,17,18). The van der Waals surface area contributed by atoms with Gasteiger partial charge in [-0.05, 0) is 19.1 Å². The molecule has 0 radical (unpaired) electrons. The molecule has 1 unspecified atom stereocenters. The average molecular weight is 315 g/mol. The predicted molar refractivity (Wildman–Crippen MR) is 72.3 cm³/mol. The number of nitrogens with two attached hydrogens (primary N) is 1. The molecule has 0 aromatic carbocycles. The molecule has 0 saturated heterocycles. The van der Waals surface area contributed by atoms with Gasteiger partial charge in [0.15, 0.2) is 0 Å². The first-order valence-corrected chi connectivity index (χ1v) is 7.97. The molecular formula is C10H13N5O3S2. The van der Waals surface area contributed by atoms with E-state index in [9.17, 15) is 13.2 Å². The zero-order valence-electron chi connectivity index (χ0n) is 10.6. The number of rotatable bonds is 5. The summed E-state index contributed by atoms with van der Waals surface area (Å²) in [5.74, 6) is -0.235. The van der Waals surface area contributed by atoms with E-state index in [4.69, 9.17) is 5.14 Å². The quantitative estimate of drug-likeness (QED) is 0.796. The van der Waals surface area contributed by atoms with Crippen LogP contribution < -0.4 is 10.5 Å². The van der Waals surface area contributed by atoms with Crippen molar-refractivity contribution in [3.05, 3.63) is 29.7 Å². The van der Waals surface area contributed by atoms with Gasteiger partial charge in [-0.25, -0.2) is 23.2 Å². The summed E-state index contributed by atoms with van der Waals surface area (Å²) < 4.78 is 23.8. The molecule has 8 nitrogen and oxygen atoms in total. The molecule has 10 heteroatoms. The molecule has 1 atom stereocenters. The van der Waals surface area contributed by atoms with Crippen LogP contribution in [0.1, 0.15) is 17.8 Å². The van der Waals surface area contributed by atoms with Crippen LogP contribution in [0, 0.1) is 0 Å². The number of nitrogens with one attached hydrogen (secondary N) is 1. The number of thiophene rings is 1. The highest BCUT2D eigenvalue weighted by molar-refractivity contribution is 7.91. The summed E-state index contributed by atoms with van der Waals surface area (Å²) in [4.78, 5) is 16.4. The fourth-order valence-electron chi connectivity index (χ4n) is 1.47. The van der Waals surface area contributed by atoms with E-state index in [0.717, 1.165) is 11.3 Å². The number of hydrogen-bond donors (Lipinski definition) is 2. The molecule has 108 valence electrons. The Hall–Kier alpha value is -1.78. The van der Waals surface area contributed by atoms with Gasteiger partial charge < -0.3 is 5.32 Å². The topological polar surface area (TPSA) is 120 Å². The summed E-state index contributed by atoms with van der Waals surface area (Å²) in [6.45, 7) is 1.92. The van der Waals surface area contributed by atoms with Crippen LogP contribution in [0.15, 0.2) is 29.0 Å². The molecule has 0 fully saturated rings. The van der Waals surface area contributed by atoms with Crippen molar-refractivity contribution >= 4 is 27.3 Å². The van der Waals surface area contributed by atoms with Gasteiger partial charge in [0.05, 0.1) is 6.54 Å². The van der Waals surface area contributed by atoms with E-state index in [1.165, 1.54) is 23.4 Å². The Labute approximate surface area is 119 Å². The molecule has 0 aliphatic heterocycles. The molecule has 2 aromatic heterocycles. The second-order valence-electron chi connectivity index (χ2n) is 4.04. The first-order valence-electron chi connectivity index (χ1n) is 5.61. The van der Waals surface area contributed by atoms with Gasteiger partial charge in [-0.1, -0.05) is 0 Å². The number of primary sulfonamides is 1. The van der Waals surface area contributed by atoms with Gasteiger partial charge in [-0.2, -0.15) is 5.10 Å². The van der Waals surface area contributed by atoms with Gasteiger partial charge in [-0.15, -0.1) is 11.3 Å². The van der Waals surface area contributed by atoms with E-state index >= 15 is 0 Å². The van der Waals surface area contributed by atoms with Crippen molar-refractivity contribution in [3.63, 3.8) is 0 Å². The van der Waals surface area contributed by atoms with Crippen molar-refractivity contribution in [2.75, 3.05) is 0 Å². The second kappa shape index (κ2) is 5.69. The number of carbonyl (C=O) groups is 1. The molecule has 0 saturated carbocycles. The number of carbonyl (C=O) groups excluding carboxylic acids is 1. The minimum Gasteiger partial charge on any atom is -0.349 e. The van der Waals surface area contributed by atoms with Crippen molar-refractivity contribution in [1.29, 1.82) is 0 Å². The maximum absolute atomic E-state index is 11.9. The van der Waals surface area contributed by atoms with Crippen molar-refractivity contribution < 1.29 is 13.2 Å². The Morgan fingerprint density at radius 2 is 2.30 bits per heavy atom. The highest BCUT2D eigenvalue weighted by atomic mass is 32.2. The number of sulfonamides is 1. The van der Waals surface area contributed by atoms with Gasteiger partial charge in [0.1, 0.15) is 22.9 Å². The van der Waals surface area contributed by atoms with Gasteiger partial charge in [0.2, 0.25) is 15.9 Å². The van der Waals surface area contributed by atoms with Gasteiger partial charge in [0.25, 0.3) is 0 Å². The van der Waals surface area contributed by atoms with E-state index in [2.05, 4.69) is 15.4 Å². The Morgan fingerprint density at radius 1 is 1.55 bits per heavy atom. The SMILES string of the molecule is CC(C(=O)NCc1ccc(S(N)(=O)=O)s1)n1cncn1. The van der Waals surface area contributed by atoms with Crippen LogP contribution in [0.3, 0.4) is 0 Å². The van der Waals surface area contributed by atoms with E-state index in [1.807, 2.05) is 0 Å². The Balaban J connectivity index is 1.95. The lowest BCUT2D eigenvalue weighted by molar-refractivity contribution is -0.124. The monoisotopic (exact) mass is 315 g/mol. The summed E-state index contributed by atoms with van der Waals surface area (Å²) in [6, 6.07) is 2.54. The molecule has 2 rings (SSSR count). The van der Waals surface area contributed by atoms with Crippen LogP contribution in [0.2, 0.25) is 0 Å². The molecule has 0 aliphatic carbocycles. The molecule has 0 aliphatic rings. The number of amides is 1. The highest BCUT2D eigenvalue weighted by Gasteiger charge is 2.16. The van der Waals surface area contributed by atoms with Crippen molar-refractivity contribution in [2.24, 2.45) is 5.14 Å². The Morgan fingerprint density at radius 3 is 2.85 bits per heavy atom. The van der Waals surface area contributed by atoms with Crippen LogP contribution in [0.4, 0.5) is 0 Å². The zero-order chi connectivity index (χ0) is 14.8. The minimum absolute atomic E-state index is 0.0751. The lowest BCUT2D eigenvalue weighted by atomic mass is 10.3. The number of hydrogen-bond acceptors (Lipinski definition) is 6. The number of aromatic nitrogens is 3. The van der Waals surface area contributed by atoms with Crippen LogP contribution in [0.5, 0.6) is 0 Å². The van der Waals surface area contributed by atoms with Crippen LogP contribution in [0.25, 0.3) is 0 Å². The zero-order valence-corrected chi connectivity index (χ0v) is 12.2. The normalized spacial score (nSPS) is 13.1. The third-order valence-corrected chi connectivity index (χ3v) is 5.09. The van der Waals surface area contributed by atoms with Crippen LogP contribution in [-0.2, 0) is 21.4 Å². The van der Waals surface area contributed by atoms with Gasteiger partial charge in [-0.3, -0.25) is 4.79 Å². The number of nitrogens with zero attached hydrogens (tertiary/aromatic N) is 3. The lowest BCUT2D eigenvalue weighted by Gasteiger charge is -2.11. The van der Waals surface area contributed by atoms with Crippen LogP contribution in [-0.4, -0.2) is 29.1 Å². The smallest absolute Gasteiger partial charge is 0.247 e. The summed E-state index contributed by atoms with van der Waals surface area (Å²) in [7, 11) is -3.69. The summed E-state index contributed by atoms with van der Waals surface area (Å²) in [6.07, 6.45) is 2.80. The Kier molecular flexibility index (Phi) is 4.16. The maximum atomic E-state index is 11.9. The van der Waals surface area contributed by atoms with Crippen molar-refractivity contribution in [2.45, 2.75) is 23.7 Å². The molecule has 0 spiro atoms. The predicted octanol–water partition coefficient (Wildman–Crippen LogP) is -0.136. The van der Waals surface area contributed by atoms with Gasteiger partial charge in [0, 0.05) is 4.88 Å². The van der Waals surface area contributed by atoms with Gasteiger partial charge >= 0.3 is 0 Å². The fourth-order valence-corrected chi connectivity index (χ4v) is 3.18. The Bertz CT molecular complexity index is 692. The van der Waals surface area contributed by atoms with E-state index in [-0.39, 0.29) is 16.7 Å². The molecular weight excluding hydrogens is 302 g/mol. The summed E-state index contributed by atoms with van der Waals surface area (Å²) in [5, 5.41) is 11.6. The molecule has 20 heavy (non-hydrogen) atoms. The maximum Gasteiger partial charge on any atom is 0.247 e. The van der Waals surface area contributed by atoms with E-state index in [1.54, 1.807) is 13.0 Å². The largest absolute Gasteiger partial charge is 0.349 e. The highest BCUT2D eigenvalue weighted by Crippen LogP contribution is 2.20. The second-order valence-corrected chi connectivity index (χ2v) is 6.99. The van der Waals surface area contributed by atoms with Crippen molar-refractivity contribution in [1.82, 2.24) is 20.1 Å². The summed E-state index contributed by atoms with van der Waals surface area (Å²) in [5.41, 5.74) is 0. The molecule has 1 amide bonds. The summed E-state index contributed by atoms with van der Waals surface area (Å²) >= 11 is 1.03. The van der Waals surface area contributed by atoms with E-state index < -0.39 is 16.1 Å². The molecule has 2 aromatic rings. The average Bonchev–Trinajstić information content (AvgIpc) is 3.04. The molecule has 2 heterocycles. The minimum atomic E-state index is -3.69. The van der Waals surface area contributed by atoms with E-state index in [0.29, 0.717) is 4.88 Å². The lowest BCUT2D eigenvalue weighted by Crippen LogP contribution is -2.30. The fraction of sp³-hybridized carbons (Fsp3) is 0.300. The molecule has 3 N–H and O–H groups in total. The van der Waals surface area contributed by atoms with Crippen molar-refractivity contribution in [3.8, 4) is 0 Å².